The number of hydrogen-bond acceptors (Lipinski definition) is 2. The molecule has 180 valence electrons. The predicted octanol–water partition coefficient (Wildman–Crippen LogP) is 8.50. The average molecular weight is 471 g/mol. The van der Waals surface area contributed by atoms with Gasteiger partial charge in [-0.25, -0.2) is 0 Å². The topological polar surface area (TPSA) is 46.5 Å². The van der Waals surface area contributed by atoms with E-state index < -0.39 is 29.4 Å². The number of alkyl halides is 3. The maximum Gasteiger partial charge on any atom is 0.420 e. The molecule has 3 rings (SSSR count). The fourth-order valence-electron chi connectivity index (χ4n) is 3.99. The van der Waals surface area contributed by atoms with Crippen LogP contribution in [-0.2, 0) is 11.0 Å². The van der Waals surface area contributed by atoms with Gasteiger partial charge in [-0.1, -0.05) is 70.2 Å². The van der Waals surface area contributed by atoms with E-state index in [1.54, 1.807) is 56.3 Å². The van der Waals surface area contributed by atoms with Crippen molar-refractivity contribution in [3.8, 4) is 22.6 Å². The van der Waals surface area contributed by atoms with Crippen molar-refractivity contribution in [3.63, 3.8) is 0 Å². The second-order valence-electron chi connectivity index (χ2n) is 9.15. The van der Waals surface area contributed by atoms with E-state index in [9.17, 15) is 23.1 Å². The van der Waals surface area contributed by atoms with Crippen LogP contribution in [0.15, 0.2) is 66.7 Å². The summed E-state index contributed by atoms with van der Waals surface area (Å²) in [5, 5.41) is 9.90. The first-order chi connectivity index (χ1) is 16.0. The number of aliphatic carboxylic acids is 1. The molecule has 0 spiro atoms. The van der Waals surface area contributed by atoms with E-state index in [0.29, 0.717) is 11.1 Å². The van der Waals surface area contributed by atoms with Crippen molar-refractivity contribution < 1.29 is 27.8 Å². The van der Waals surface area contributed by atoms with Crippen LogP contribution in [-0.4, -0.2) is 11.1 Å². The SMILES string of the molecule is CC(C)CC(C(=O)O)c1cc(-c2ccccc2)cc(Oc2cccc(C(C)C)c2)c1C(F)(F)F. The number of carboxylic acids is 1. The molecule has 6 heteroatoms. The van der Waals surface area contributed by atoms with Crippen LogP contribution in [0.4, 0.5) is 13.2 Å². The first-order valence-corrected chi connectivity index (χ1v) is 11.3. The molecule has 3 aromatic rings. The highest BCUT2D eigenvalue weighted by Crippen LogP contribution is 2.46. The fraction of sp³-hybridized carbons (Fsp3) is 0.321. The zero-order valence-electron chi connectivity index (χ0n) is 19.7. The van der Waals surface area contributed by atoms with Gasteiger partial charge in [-0.15, -0.1) is 0 Å². The van der Waals surface area contributed by atoms with E-state index in [4.69, 9.17) is 4.74 Å². The highest BCUT2D eigenvalue weighted by Gasteiger charge is 2.41. The van der Waals surface area contributed by atoms with Crippen LogP contribution in [0, 0.1) is 5.92 Å². The molecule has 0 amide bonds. The van der Waals surface area contributed by atoms with Gasteiger partial charge in [0.05, 0.1) is 5.92 Å². The Balaban J connectivity index is 2.29. The second kappa shape index (κ2) is 10.3. The van der Waals surface area contributed by atoms with Gasteiger partial charge >= 0.3 is 12.1 Å². The van der Waals surface area contributed by atoms with Gasteiger partial charge in [-0.05, 0) is 64.8 Å². The van der Waals surface area contributed by atoms with Gasteiger partial charge in [0.1, 0.15) is 17.1 Å². The molecule has 3 nitrogen and oxygen atoms in total. The number of carbonyl (C=O) groups is 1. The van der Waals surface area contributed by atoms with Crippen LogP contribution < -0.4 is 4.74 Å². The van der Waals surface area contributed by atoms with E-state index in [1.165, 1.54) is 12.1 Å². The molecule has 3 aromatic carbocycles. The maximum absolute atomic E-state index is 14.4. The van der Waals surface area contributed by atoms with E-state index in [-0.39, 0.29) is 29.6 Å². The molecule has 0 aliphatic carbocycles. The number of halogens is 3. The molecule has 1 N–H and O–H groups in total. The van der Waals surface area contributed by atoms with Crippen LogP contribution in [0.5, 0.6) is 11.5 Å². The van der Waals surface area contributed by atoms with Crippen LogP contribution in [0.3, 0.4) is 0 Å². The quantitative estimate of drug-likeness (QED) is 0.359. The lowest BCUT2D eigenvalue weighted by Gasteiger charge is -2.24. The molecular weight excluding hydrogens is 441 g/mol. The van der Waals surface area contributed by atoms with Crippen molar-refractivity contribution in [1.29, 1.82) is 0 Å². The summed E-state index contributed by atoms with van der Waals surface area (Å²) in [5.41, 5.74) is 0.731. The fourth-order valence-corrected chi connectivity index (χ4v) is 3.99. The summed E-state index contributed by atoms with van der Waals surface area (Å²) < 4.78 is 49.2. The third-order valence-corrected chi connectivity index (χ3v) is 5.66. The van der Waals surface area contributed by atoms with Crippen LogP contribution in [0.1, 0.15) is 62.6 Å². The Hall–Kier alpha value is -3.28. The summed E-state index contributed by atoms with van der Waals surface area (Å²) in [6.07, 6.45) is -4.74. The minimum Gasteiger partial charge on any atom is -0.481 e. The molecule has 0 fully saturated rings. The van der Waals surface area contributed by atoms with Crippen molar-refractivity contribution in [3.05, 3.63) is 83.4 Å². The molecule has 0 radical (unpaired) electrons. The average Bonchev–Trinajstić information content (AvgIpc) is 2.76. The van der Waals surface area contributed by atoms with Gasteiger partial charge < -0.3 is 9.84 Å². The lowest BCUT2D eigenvalue weighted by Crippen LogP contribution is -2.20. The molecule has 0 bridgehead atoms. The minimum atomic E-state index is -4.81. The summed E-state index contributed by atoms with van der Waals surface area (Å²) in [5.74, 6) is -2.71. The summed E-state index contributed by atoms with van der Waals surface area (Å²) in [6, 6.07) is 18.5. The molecule has 0 saturated heterocycles. The van der Waals surface area contributed by atoms with E-state index >= 15 is 0 Å². The predicted molar refractivity (Wildman–Crippen MR) is 127 cm³/mol. The van der Waals surface area contributed by atoms with Gasteiger partial charge in [0.25, 0.3) is 0 Å². The van der Waals surface area contributed by atoms with E-state index in [0.717, 1.165) is 5.56 Å². The van der Waals surface area contributed by atoms with Crippen molar-refractivity contribution in [2.24, 2.45) is 5.92 Å². The third-order valence-electron chi connectivity index (χ3n) is 5.66. The van der Waals surface area contributed by atoms with Crippen molar-refractivity contribution >= 4 is 5.97 Å². The van der Waals surface area contributed by atoms with Gasteiger partial charge in [0, 0.05) is 0 Å². The highest BCUT2D eigenvalue weighted by molar-refractivity contribution is 5.79. The number of hydrogen-bond donors (Lipinski definition) is 1. The molecular formula is C28H29F3O3. The van der Waals surface area contributed by atoms with Gasteiger partial charge in [0.2, 0.25) is 0 Å². The first-order valence-electron chi connectivity index (χ1n) is 11.3. The Morgan fingerprint density at radius 3 is 2.15 bits per heavy atom. The van der Waals surface area contributed by atoms with Gasteiger partial charge in [-0.3, -0.25) is 4.79 Å². The minimum absolute atomic E-state index is 0.0684. The number of rotatable bonds is 8. The smallest absolute Gasteiger partial charge is 0.420 e. The first kappa shape index (κ1) is 25.3. The molecule has 0 aliphatic heterocycles. The van der Waals surface area contributed by atoms with Crippen molar-refractivity contribution in [2.75, 3.05) is 0 Å². The monoisotopic (exact) mass is 470 g/mol. The molecule has 0 saturated carbocycles. The molecule has 1 unspecified atom stereocenters. The number of carboxylic acid groups (broad SMARTS) is 1. The Bertz CT molecular complexity index is 1140. The van der Waals surface area contributed by atoms with Crippen LogP contribution in [0.2, 0.25) is 0 Å². The Labute approximate surface area is 198 Å². The number of benzene rings is 3. The summed E-state index contributed by atoms with van der Waals surface area (Å²) in [6.45, 7) is 7.55. The molecule has 1 atom stereocenters. The Morgan fingerprint density at radius 2 is 1.59 bits per heavy atom. The van der Waals surface area contributed by atoms with Crippen molar-refractivity contribution in [1.82, 2.24) is 0 Å². The van der Waals surface area contributed by atoms with Gasteiger partial charge in [0.15, 0.2) is 0 Å². The van der Waals surface area contributed by atoms with E-state index in [2.05, 4.69) is 0 Å². The zero-order valence-corrected chi connectivity index (χ0v) is 19.7. The standard InChI is InChI=1S/C28H29F3O3/c1-17(2)13-24(27(32)33)23-15-21(19-9-6-5-7-10-19)16-25(26(23)28(29,30)31)34-22-12-8-11-20(14-22)18(3)4/h5-12,14-18,24H,13H2,1-4H3,(H,32,33). The van der Waals surface area contributed by atoms with Gasteiger partial charge in [-0.2, -0.15) is 13.2 Å². The third kappa shape index (κ3) is 5.99. The van der Waals surface area contributed by atoms with Crippen molar-refractivity contribution in [2.45, 2.75) is 52.1 Å². The maximum atomic E-state index is 14.4. The van der Waals surface area contributed by atoms with Crippen LogP contribution >= 0.6 is 0 Å². The largest absolute Gasteiger partial charge is 0.481 e. The zero-order chi connectivity index (χ0) is 25.0. The lowest BCUT2D eigenvalue weighted by atomic mass is 9.85. The van der Waals surface area contributed by atoms with E-state index in [1.807, 2.05) is 26.0 Å². The molecule has 0 aromatic heterocycles. The molecule has 34 heavy (non-hydrogen) atoms. The second-order valence-corrected chi connectivity index (χ2v) is 9.15. The van der Waals surface area contributed by atoms with Crippen LogP contribution in [0.25, 0.3) is 11.1 Å². The lowest BCUT2D eigenvalue weighted by molar-refractivity contribution is -0.142. The highest BCUT2D eigenvalue weighted by atomic mass is 19.4. The Morgan fingerprint density at radius 1 is 0.912 bits per heavy atom. The Kier molecular flexibility index (Phi) is 7.70. The molecule has 0 heterocycles. The molecule has 0 aliphatic rings. The normalized spacial score (nSPS) is 12.7. The summed E-state index contributed by atoms with van der Waals surface area (Å²) >= 11 is 0. The summed E-state index contributed by atoms with van der Waals surface area (Å²) in [4.78, 5) is 12.1. The number of ether oxygens (including phenoxy) is 1. The summed E-state index contributed by atoms with van der Waals surface area (Å²) in [7, 11) is 0.